The minimum atomic E-state index is 0.141. The Kier molecular flexibility index (Phi) is 1.68. The highest BCUT2D eigenvalue weighted by atomic mass is 15.4. The van der Waals surface area contributed by atoms with Gasteiger partial charge in [0.25, 0.3) is 0 Å². The van der Waals surface area contributed by atoms with Crippen LogP contribution in [0.2, 0.25) is 0 Å². The molecule has 0 amide bonds. The molecule has 3 rings (SSSR count). The number of nitrogens with two attached hydrogens (primary N) is 1. The van der Waals surface area contributed by atoms with Gasteiger partial charge in [0.05, 0.1) is 17.9 Å². The molecule has 1 heterocycles. The molecule has 1 aromatic heterocycles. The average Bonchev–Trinajstić information content (AvgIpc) is 2.64. The summed E-state index contributed by atoms with van der Waals surface area (Å²) in [5.41, 5.74) is 7.31. The van der Waals surface area contributed by atoms with Crippen molar-refractivity contribution in [3.63, 3.8) is 0 Å². The van der Waals surface area contributed by atoms with E-state index in [1.54, 1.807) is 10.9 Å². The van der Waals surface area contributed by atoms with E-state index in [1.807, 2.05) is 7.05 Å². The predicted octanol–water partition coefficient (Wildman–Crippen LogP) is 0.861. The van der Waals surface area contributed by atoms with Crippen LogP contribution in [0.15, 0.2) is 6.20 Å². The molecule has 4 nitrogen and oxygen atoms in total. The molecule has 1 aromatic rings. The molecule has 2 N–H and O–H groups in total. The highest BCUT2D eigenvalue weighted by molar-refractivity contribution is 5.07. The minimum Gasteiger partial charge on any atom is -0.322 e. The molecule has 4 heteroatoms. The third-order valence-corrected chi connectivity index (χ3v) is 3.88. The largest absolute Gasteiger partial charge is 0.322 e. The van der Waals surface area contributed by atoms with Gasteiger partial charge in [-0.05, 0) is 37.0 Å². The van der Waals surface area contributed by atoms with Gasteiger partial charge in [-0.2, -0.15) is 0 Å². The molecule has 0 aromatic carbocycles. The lowest BCUT2D eigenvalue weighted by molar-refractivity contribution is 0.387. The van der Waals surface area contributed by atoms with E-state index in [1.165, 1.54) is 19.3 Å². The molecule has 2 saturated carbocycles. The number of rotatable bonds is 2. The van der Waals surface area contributed by atoms with Gasteiger partial charge in [0, 0.05) is 7.05 Å². The van der Waals surface area contributed by atoms with Crippen LogP contribution in [0, 0.1) is 17.8 Å². The predicted molar refractivity (Wildman–Crippen MR) is 52.3 cm³/mol. The Hall–Kier alpha value is -0.900. The normalized spacial score (nSPS) is 36.9. The van der Waals surface area contributed by atoms with Crippen molar-refractivity contribution in [2.45, 2.75) is 25.3 Å². The molecule has 14 heavy (non-hydrogen) atoms. The standard InChI is InChI=1S/C10H16N4/c1-14-9(5-12-13-14)10(11)8-3-6-2-7(6)4-8/h5-8,10H,2-4,11H2,1H3. The number of nitrogens with zero attached hydrogens (tertiary/aromatic N) is 3. The molecular formula is C10H16N4. The van der Waals surface area contributed by atoms with E-state index in [0.717, 1.165) is 17.5 Å². The molecule has 0 radical (unpaired) electrons. The van der Waals surface area contributed by atoms with E-state index in [2.05, 4.69) is 10.3 Å². The second kappa shape index (κ2) is 2.79. The molecule has 0 bridgehead atoms. The lowest BCUT2D eigenvalue weighted by Gasteiger charge is -2.19. The van der Waals surface area contributed by atoms with Gasteiger partial charge in [-0.1, -0.05) is 5.21 Å². The summed E-state index contributed by atoms with van der Waals surface area (Å²) in [7, 11) is 1.91. The molecule has 2 aliphatic rings. The summed E-state index contributed by atoms with van der Waals surface area (Å²) in [4.78, 5) is 0. The van der Waals surface area contributed by atoms with Crippen molar-refractivity contribution in [2.24, 2.45) is 30.5 Å². The van der Waals surface area contributed by atoms with Gasteiger partial charge in [-0.3, -0.25) is 4.68 Å². The minimum absolute atomic E-state index is 0.141. The van der Waals surface area contributed by atoms with Gasteiger partial charge in [-0.15, -0.1) is 5.10 Å². The molecule has 2 aliphatic carbocycles. The van der Waals surface area contributed by atoms with Crippen LogP contribution in [0.5, 0.6) is 0 Å². The van der Waals surface area contributed by atoms with Gasteiger partial charge in [0.2, 0.25) is 0 Å². The maximum atomic E-state index is 6.23. The maximum absolute atomic E-state index is 6.23. The Balaban J connectivity index is 1.76. The van der Waals surface area contributed by atoms with E-state index in [4.69, 9.17) is 5.73 Å². The molecule has 0 saturated heterocycles. The lowest BCUT2D eigenvalue weighted by Crippen LogP contribution is -2.23. The van der Waals surface area contributed by atoms with Crippen LogP contribution in [0.1, 0.15) is 31.0 Å². The highest BCUT2D eigenvalue weighted by Crippen LogP contribution is 2.56. The van der Waals surface area contributed by atoms with E-state index in [0.29, 0.717) is 5.92 Å². The van der Waals surface area contributed by atoms with E-state index in [-0.39, 0.29) is 6.04 Å². The van der Waals surface area contributed by atoms with Crippen LogP contribution in [-0.2, 0) is 7.05 Å². The van der Waals surface area contributed by atoms with Crippen molar-refractivity contribution in [3.05, 3.63) is 11.9 Å². The zero-order valence-corrected chi connectivity index (χ0v) is 8.43. The van der Waals surface area contributed by atoms with Gasteiger partial charge in [0.15, 0.2) is 0 Å². The first-order valence-corrected chi connectivity index (χ1v) is 5.36. The van der Waals surface area contributed by atoms with Crippen molar-refractivity contribution in [1.82, 2.24) is 15.0 Å². The fraction of sp³-hybridized carbons (Fsp3) is 0.800. The van der Waals surface area contributed by atoms with Gasteiger partial charge < -0.3 is 5.73 Å². The Morgan fingerprint density at radius 2 is 2.14 bits per heavy atom. The van der Waals surface area contributed by atoms with Crippen molar-refractivity contribution in [1.29, 1.82) is 0 Å². The lowest BCUT2D eigenvalue weighted by atomic mass is 9.93. The number of fused-ring (bicyclic) bond motifs is 1. The summed E-state index contributed by atoms with van der Waals surface area (Å²) in [6.45, 7) is 0. The van der Waals surface area contributed by atoms with Crippen LogP contribution in [0.4, 0.5) is 0 Å². The summed E-state index contributed by atoms with van der Waals surface area (Å²) in [5.74, 6) is 2.65. The average molecular weight is 192 g/mol. The van der Waals surface area contributed by atoms with Crippen molar-refractivity contribution in [2.75, 3.05) is 0 Å². The summed E-state index contributed by atoms with van der Waals surface area (Å²) >= 11 is 0. The van der Waals surface area contributed by atoms with E-state index < -0.39 is 0 Å². The van der Waals surface area contributed by atoms with Crippen LogP contribution in [0.3, 0.4) is 0 Å². The van der Waals surface area contributed by atoms with Crippen LogP contribution in [0.25, 0.3) is 0 Å². The first-order chi connectivity index (χ1) is 6.75. The molecule has 3 unspecified atom stereocenters. The van der Waals surface area contributed by atoms with Crippen LogP contribution < -0.4 is 5.73 Å². The molecule has 2 fully saturated rings. The highest BCUT2D eigenvalue weighted by Gasteiger charge is 2.47. The third kappa shape index (κ3) is 1.17. The smallest absolute Gasteiger partial charge is 0.0753 e. The third-order valence-electron chi connectivity index (χ3n) is 3.88. The second-order valence-corrected chi connectivity index (χ2v) is 4.80. The SMILES string of the molecule is Cn1nncc1C(N)C1CC2CC2C1. The Bertz CT molecular complexity index is 336. The Morgan fingerprint density at radius 3 is 2.71 bits per heavy atom. The molecule has 3 atom stereocenters. The number of hydrogen-bond acceptors (Lipinski definition) is 3. The summed E-state index contributed by atoms with van der Waals surface area (Å²) in [6, 6.07) is 0.141. The first kappa shape index (κ1) is 8.41. The molecule has 0 spiro atoms. The van der Waals surface area contributed by atoms with E-state index in [9.17, 15) is 0 Å². The molecule has 76 valence electrons. The van der Waals surface area contributed by atoms with Crippen LogP contribution in [-0.4, -0.2) is 15.0 Å². The quantitative estimate of drug-likeness (QED) is 0.756. The number of hydrogen-bond donors (Lipinski definition) is 1. The summed E-state index contributed by atoms with van der Waals surface area (Å²) in [5, 5.41) is 7.80. The molecular weight excluding hydrogens is 176 g/mol. The first-order valence-electron chi connectivity index (χ1n) is 5.36. The topological polar surface area (TPSA) is 56.7 Å². The zero-order valence-electron chi connectivity index (χ0n) is 8.43. The second-order valence-electron chi connectivity index (χ2n) is 4.80. The summed E-state index contributed by atoms with van der Waals surface area (Å²) < 4.78 is 1.80. The number of aryl methyl sites for hydroxylation is 1. The monoisotopic (exact) mass is 192 g/mol. The zero-order chi connectivity index (χ0) is 9.71. The van der Waals surface area contributed by atoms with Crippen molar-refractivity contribution >= 4 is 0 Å². The van der Waals surface area contributed by atoms with Gasteiger partial charge >= 0.3 is 0 Å². The fourth-order valence-electron chi connectivity index (χ4n) is 2.90. The summed E-state index contributed by atoms with van der Waals surface area (Å²) in [6.07, 6.45) is 5.88. The Morgan fingerprint density at radius 1 is 1.43 bits per heavy atom. The molecule has 0 aliphatic heterocycles. The Labute approximate surface area is 83.5 Å². The van der Waals surface area contributed by atoms with Gasteiger partial charge in [-0.25, -0.2) is 0 Å². The van der Waals surface area contributed by atoms with Crippen molar-refractivity contribution in [3.8, 4) is 0 Å². The van der Waals surface area contributed by atoms with Crippen LogP contribution >= 0.6 is 0 Å². The fourth-order valence-corrected chi connectivity index (χ4v) is 2.90. The number of aromatic nitrogens is 3. The maximum Gasteiger partial charge on any atom is 0.0753 e. The van der Waals surface area contributed by atoms with Crippen molar-refractivity contribution < 1.29 is 0 Å². The van der Waals surface area contributed by atoms with Gasteiger partial charge in [0.1, 0.15) is 0 Å². The van der Waals surface area contributed by atoms with E-state index >= 15 is 0 Å².